The minimum Gasteiger partial charge on any atom is -0.343 e. The molecule has 1 saturated carbocycles. The Morgan fingerprint density at radius 2 is 1.75 bits per heavy atom. The summed E-state index contributed by atoms with van der Waals surface area (Å²) in [4.78, 5) is 25.9. The summed E-state index contributed by atoms with van der Waals surface area (Å²) < 4.78 is 4.61. The van der Waals surface area contributed by atoms with Crippen molar-refractivity contribution in [2.24, 2.45) is 0 Å². The molecule has 0 spiro atoms. The van der Waals surface area contributed by atoms with Crippen molar-refractivity contribution in [1.82, 2.24) is 9.27 Å². The predicted octanol–water partition coefficient (Wildman–Crippen LogP) is 2.95. The average Bonchev–Trinajstić information content (AvgIpc) is 3.17. The van der Waals surface area contributed by atoms with E-state index in [0.717, 1.165) is 36.5 Å². The molecule has 0 aromatic carbocycles. The van der Waals surface area contributed by atoms with Gasteiger partial charge in [-0.3, -0.25) is 9.59 Å². The fourth-order valence-electron chi connectivity index (χ4n) is 3.09. The number of amides is 1. The molecule has 2 fully saturated rings. The Balaban J connectivity index is 1.81. The largest absolute Gasteiger partial charge is 0.343 e. The van der Waals surface area contributed by atoms with Crippen LogP contribution < -0.4 is 0 Å². The zero-order valence-corrected chi connectivity index (χ0v) is 12.8. The first-order chi connectivity index (χ1) is 9.58. The standard InChI is InChI=1S/C15H20N2O2S/c1-9(18)15-13(11-3-4-11)14(16-20-15)12-5-7-17(8-6-12)10(2)19/h11-12H,3-8H2,1-2H3. The molecule has 0 radical (unpaired) electrons. The molecule has 3 rings (SSSR count). The van der Waals surface area contributed by atoms with E-state index in [2.05, 4.69) is 4.37 Å². The number of nitrogens with zero attached hydrogens (tertiary/aromatic N) is 2. The Morgan fingerprint density at radius 1 is 1.10 bits per heavy atom. The van der Waals surface area contributed by atoms with Gasteiger partial charge in [-0.1, -0.05) is 0 Å². The number of Topliss-reactive ketones (excluding diaryl/α,β-unsaturated/α-hetero) is 1. The normalized spacial score (nSPS) is 20.2. The summed E-state index contributed by atoms with van der Waals surface area (Å²) >= 11 is 1.37. The van der Waals surface area contributed by atoms with Crippen LogP contribution in [0.4, 0.5) is 0 Å². The van der Waals surface area contributed by atoms with Gasteiger partial charge in [0.1, 0.15) is 0 Å². The molecule has 1 saturated heterocycles. The molecule has 108 valence electrons. The van der Waals surface area contributed by atoms with E-state index < -0.39 is 0 Å². The average molecular weight is 292 g/mol. The maximum absolute atomic E-state index is 11.8. The third kappa shape index (κ3) is 2.51. The van der Waals surface area contributed by atoms with Gasteiger partial charge in [-0.05, 0) is 43.1 Å². The van der Waals surface area contributed by atoms with Crippen LogP contribution >= 0.6 is 11.5 Å². The lowest BCUT2D eigenvalue weighted by Gasteiger charge is -2.31. The highest BCUT2D eigenvalue weighted by Gasteiger charge is 2.35. The van der Waals surface area contributed by atoms with Crippen molar-refractivity contribution in [2.45, 2.75) is 51.4 Å². The minimum absolute atomic E-state index is 0.150. The highest BCUT2D eigenvalue weighted by molar-refractivity contribution is 7.08. The van der Waals surface area contributed by atoms with Crippen molar-refractivity contribution in [3.8, 4) is 0 Å². The molecule has 1 aliphatic heterocycles. The first-order valence-electron chi connectivity index (χ1n) is 7.33. The van der Waals surface area contributed by atoms with Gasteiger partial charge < -0.3 is 4.90 Å². The number of hydrogen-bond donors (Lipinski definition) is 0. The number of piperidine rings is 1. The molecule has 1 amide bonds. The fraction of sp³-hybridized carbons (Fsp3) is 0.667. The second-order valence-corrected chi connectivity index (χ2v) is 6.69. The lowest BCUT2D eigenvalue weighted by molar-refractivity contribution is -0.129. The van der Waals surface area contributed by atoms with Crippen molar-refractivity contribution in [1.29, 1.82) is 0 Å². The maximum atomic E-state index is 11.8. The Hall–Kier alpha value is -1.23. The first-order valence-corrected chi connectivity index (χ1v) is 8.11. The molecule has 5 heteroatoms. The summed E-state index contributed by atoms with van der Waals surface area (Å²) in [7, 11) is 0. The van der Waals surface area contributed by atoms with Crippen LogP contribution in [-0.4, -0.2) is 34.1 Å². The summed E-state index contributed by atoms with van der Waals surface area (Å²) in [6.45, 7) is 4.91. The Morgan fingerprint density at radius 3 is 2.25 bits per heavy atom. The molecule has 2 heterocycles. The molecule has 0 unspecified atom stereocenters. The molecule has 4 nitrogen and oxygen atoms in total. The van der Waals surface area contributed by atoms with Crippen LogP contribution in [0.3, 0.4) is 0 Å². The fourth-order valence-corrected chi connectivity index (χ4v) is 4.03. The molecule has 20 heavy (non-hydrogen) atoms. The van der Waals surface area contributed by atoms with Gasteiger partial charge in [0.15, 0.2) is 5.78 Å². The van der Waals surface area contributed by atoms with Gasteiger partial charge >= 0.3 is 0 Å². The molecule has 1 aromatic heterocycles. The monoisotopic (exact) mass is 292 g/mol. The maximum Gasteiger partial charge on any atom is 0.219 e. The SMILES string of the molecule is CC(=O)c1snc(C2CCN(C(C)=O)CC2)c1C1CC1. The number of likely N-dealkylation sites (tertiary alicyclic amines) is 1. The summed E-state index contributed by atoms with van der Waals surface area (Å²) in [5.74, 6) is 1.30. The third-order valence-corrected chi connectivity index (χ3v) is 5.37. The van der Waals surface area contributed by atoms with Gasteiger partial charge in [-0.25, -0.2) is 0 Å². The topological polar surface area (TPSA) is 50.3 Å². The van der Waals surface area contributed by atoms with Gasteiger partial charge in [-0.15, -0.1) is 0 Å². The molecule has 1 aliphatic carbocycles. The van der Waals surface area contributed by atoms with E-state index >= 15 is 0 Å². The summed E-state index contributed by atoms with van der Waals surface area (Å²) in [6, 6.07) is 0. The molecule has 0 bridgehead atoms. The van der Waals surface area contributed by atoms with Gasteiger partial charge in [0, 0.05) is 38.4 Å². The molecule has 2 aliphatic rings. The van der Waals surface area contributed by atoms with Crippen LogP contribution in [0.5, 0.6) is 0 Å². The zero-order valence-electron chi connectivity index (χ0n) is 12.0. The number of carbonyl (C=O) groups is 2. The van der Waals surface area contributed by atoms with Crippen LogP contribution in [0.25, 0.3) is 0 Å². The van der Waals surface area contributed by atoms with Crippen LogP contribution in [0, 0.1) is 0 Å². The molecule has 0 N–H and O–H groups in total. The quantitative estimate of drug-likeness (QED) is 0.805. The zero-order chi connectivity index (χ0) is 14.3. The van der Waals surface area contributed by atoms with E-state index in [1.807, 2.05) is 4.90 Å². The molecule has 0 atom stereocenters. The van der Waals surface area contributed by atoms with Crippen LogP contribution in [0.15, 0.2) is 0 Å². The number of hydrogen-bond acceptors (Lipinski definition) is 4. The summed E-state index contributed by atoms with van der Waals surface area (Å²) in [5, 5.41) is 0. The Labute approximate surface area is 123 Å². The third-order valence-electron chi connectivity index (χ3n) is 4.39. The molecular weight excluding hydrogens is 272 g/mol. The number of rotatable bonds is 3. The molecular formula is C15H20N2O2S. The van der Waals surface area contributed by atoms with Gasteiger partial charge in [0.25, 0.3) is 0 Å². The van der Waals surface area contributed by atoms with Crippen LogP contribution in [-0.2, 0) is 4.79 Å². The predicted molar refractivity (Wildman–Crippen MR) is 78.3 cm³/mol. The number of carbonyl (C=O) groups excluding carboxylic acids is 2. The summed E-state index contributed by atoms with van der Waals surface area (Å²) in [5.41, 5.74) is 2.40. The molecule has 1 aromatic rings. The van der Waals surface area contributed by atoms with Crippen LogP contribution in [0.1, 0.15) is 72.3 Å². The van der Waals surface area contributed by atoms with E-state index in [9.17, 15) is 9.59 Å². The lowest BCUT2D eigenvalue weighted by atomic mass is 9.89. The highest BCUT2D eigenvalue weighted by atomic mass is 32.1. The number of aromatic nitrogens is 1. The van der Waals surface area contributed by atoms with E-state index in [0.29, 0.717) is 11.8 Å². The second kappa shape index (κ2) is 5.28. The van der Waals surface area contributed by atoms with E-state index in [4.69, 9.17) is 0 Å². The van der Waals surface area contributed by atoms with Gasteiger partial charge in [0.05, 0.1) is 10.6 Å². The second-order valence-electron chi connectivity index (χ2n) is 5.92. The van der Waals surface area contributed by atoms with Crippen LogP contribution in [0.2, 0.25) is 0 Å². The highest BCUT2D eigenvalue weighted by Crippen LogP contribution is 2.47. The Kier molecular flexibility index (Phi) is 3.63. The Bertz CT molecular complexity index is 540. The van der Waals surface area contributed by atoms with E-state index in [1.54, 1.807) is 13.8 Å². The van der Waals surface area contributed by atoms with Crippen molar-refractivity contribution in [3.63, 3.8) is 0 Å². The van der Waals surface area contributed by atoms with E-state index in [-0.39, 0.29) is 11.7 Å². The minimum atomic E-state index is 0.150. The van der Waals surface area contributed by atoms with Crippen molar-refractivity contribution >= 4 is 23.2 Å². The van der Waals surface area contributed by atoms with Gasteiger partial charge in [-0.2, -0.15) is 4.37 Å². The van der Waals surface area contributed by atoms with Crippen molar-refractivity contribution in [2.75, 3.05) is 13.1 Å². The number of ketones is 1. The summed E-state index contributed by atoms with van der Waals surface area (Å²) in [6.07, 6.45) is 4.33. The lowest BCUT2D eigenvalue weighted by Crippen LogP contribution is -2.36. The van der Waals surface area contributed by atoms with E-state index in [1.165, 1.54) is 29.9 Å². The van der Waals surface area contributed by atoms with Gasteiger partial charge in [0.2, 0.25) is 5.91 Å². The van der Waals surface area contributed by atoms with Crippen molar-refractivity contribution < 1.29 is 9.59 Å². The van der Waals surface area contributed by atoms with Crippen molar-refractivity contribution in [3.05, 3.63) is 16.1 Å². The smallest absolute Gasteiger partial charge is 0.219 e. The first kappa shape index (κ1) is 13.7.